The predicted octanol–water partition coefficient (Wildman–Crippen LogP) is 0.696. The second-order valence-corrected chi connectivity index (χ2v) is 5.07. The second-order valence-electron chi connectivity index (χ2n) is 5.07. The summed E-state index contributed by atoms with van der Waals surface area (Å²) in [7, 11) is 0. The third-order valence-corrected chi connectivity index (χ3v) is 3.83. The molecule has 3 rings (SSSR count). The van der Waals surface area contributed by atoms with Gasteiger partial charge in [0, 0.05) is 32.2 Å². The smallest absolute Gasteiger partial charge is 0.151 e. The summed E-state index contributed by atoms with van der Waals surface area (Å²) >= 11 is 0. The van der Waals surface area contributed by atoms with Crippen LogP contribution >= 0.6 is 0 Å². The standard InChI is InChI=1S/C13H20N4O/c1-11-2-3-13(15-14-11)17-5-4-12(10-17)16-6-8-18-9-7-16/h2-3,12H,4-10H2,1H3. The number of morpholine rings is 1. The van der Waals surface area contributed by atoms with Gasteiger partial charge in [-0.05, 0) is 25.5 Å². The third kappa shape index (κ3) is 2.47. The summed E-state index contributed by atoms with van der Waals surface area (Å²) in [4.78, 5) is 4.89. The molecule has 1 aromatic rings. The maximum atomic E-state index is 5.41. The molecule has 2 saturated heterocycles. The number of ether oxygens (including phenoxy) is 1. The SMILES string of the molecule is Cc1ccc(N2CCC(N3CCOCC3)C2)nn1. The molecule has 18 heavy (non-hydrogen) atoms. The third-order valence-electron chi connectivity index (χ3n) is 3.83. The highest BCUT2D eigenvalue weighted by Crippen LogP contribution is 2.21. The van der Waals surface area contributed by atoms with E-state index >= 15 is 0 Å². The summed E-state index contributed by atoms with van der Waals surface area (Å²) in [5.74, 6) is 1.01. The average molecular weight is 248 g/mol. The molecular weight excluding hydrogens is 228 g/mol. The van der Waals surface area contributed by atoms with Crippen LogP contribution in [0.1, 0.15) is 12.1 Å². The first-order valence-electron chi connectivity index (χ1n) is 6.70. The van der Waals surface area contributed by atoms with E-state index in [1.807, 2.05) is 13.0 Å². The van der Waals surface area contributed by atoms with Crippen molar-refractivity contribution < 1.29 is 4.74 Å². The quantitative estimate of drug-likeness (QED) is 0.770. The molecule has 0 bridgehead atoms. The highest BCUT2D eigenvalue weighted by atomic mass is 16.5. The molecule has 2 fully saturated rings. The minimum atomic E-state index is 0.650. The number of nitrogens with zero attached hydrogens (tertiary/aromatic N) is 4. The van der Waals surface area contributed by atoms with Gasteiger partial charge in [0.1, 0.15) is 0 Å². The molecule has 5 heteroatoms. The van der Waals surface area contributed by atoms with E-state index in [-0.39, 0.29) is 0 Å². The van der Waals surface area contributed by atoms with Gasteiger partial charge in [-0.3, -0.25) is 4.90 Å². The van der Waals surface area contributed by atoms with Crippen molar-refractivity contribution in [2.24, 2.45) is 0 Å². The molecule has 1 aromatic heterocycles. The average Bonchev–Trinajstić information content (AvgIpc) is 2.90. The van der Waals surface area contributed by atoms with E-state index in [1.54, 1.807) is 0 Å². The van der Waals surface area contributed by atoms with Crippen LogP contribution in [0.25, 0.3) is 0 Å². The van der Waals surface area contributed by atoms with E-state index in [2.05, 4.69) is 26.1 Å². The molecule has 0 radical (unpaired) electrons. The van der Waals surface area contributed by atoms with Crippen LogP contribution in [0.4, 0.5) is 5.82 Å². The fourth-order valence-corrected chi connectivity index (χ4v) is 2.75. The van der Waals surface area contributed by atoms with Crippen LogP contribution in [-0.2, 0) is 4.74 Å². The molecule has 2 aliphatic heterocycles. The zero-order valence-corrected chi connectivity index (χ0v) is 10.9. The van der Waals surface area contributed by atoms with Crippen molar-refractivity contribution in [3.8, 4) is 0 Å². The lowest BCUT2D eigenvalue weighted by Crippen LogP contribution is -2.44. The molecule has 5 nitrogen and oxygen atoms in total. The number of hydrogen-bond donors (Lipinski definition) is 0. The zero-order chi connectivity index (χ0) is 12.4. The number of aryl methyl sites for hydroxylation is 1. The maximum Gasteiger partial charge on any atom is 0.151 e. The molecule has 0 N–H and O–H groups in total. The van der Waals surface area contributed by atoms with Gasteiger partial charge in [-0.2, -0.15) is 5.10 Å². The predicted molar refractivity (Wildman–Crippen MR) is 69.8 cm³/mol. The van der Waals surface area contributed by atoms with Gasteiger partial charge in [0.15, 0.2) is 5.82 Å². The zero-order valence-electron chi connectivity index (χ0n) is 10.9. The van der Waals surface area contributed by atoms with Gasteiger partial charge >= 0.3 is 0 Å². The highest BCUT2D eigenvalue weighted by Gasteiger charge is 2.29. The van der Waals surface area contributed by atoms with Crippen molar-refractivity contribution in [3.05, 3.63) is 17.8 Å². The van der Waals surface area contributed by atoms with Crippen LogP contribution < -0.4 is 4.90 Å². The fourth-order valence-electron chi connectivity index (χ4n) is 2.75. The van der Waals surface area contributed by atoms with E-state index < -0.39 is 0 Å². The van der Waals surface area contributed by atoms with Crippen molar-refractivity contribution in [2.75, 3.05) is 44.3 Å². The monoisotopic (exact) mass is 248 g/mol. The van der Waals surface area contributed by atoms with Gasteiger partial charge in [0.2, 0.25) is 0 Å². The van der Waals surface area contributed by atoms with Crippen LogP contribution in [0.3, 0.4) is 0 Å². The van der Waals surface area contributed by atoms with Crippen molar-refractivity contribution in [1.29, 1.82) is 0 Å². The minimum Gasteiger partial charge on any atom is -0.379 e. The molecule has 1 atom stereocenters. The Morgan fingerprint density at radius 3 is 2.72 bits per heavy atom. The van der Waals surface area contributed by atoms with Crippen LogP contribution in [0.2, 0.25) is 0 Å². The van der Waals surface area contributed by atoms with Gasteiger partial charge in [0.25, 0.3) is 0 Å². The highest BCUT2D eigenvalue weighted by molar-refractivity contribution is 5.39. The molecule has 0 saturated carbocycles. The van der Waals surface area contributed by atoms with Crippen LogP contribution in [0, 0.1) is 6.92 Å². The summed E-state index contributed by atoms with van der Waals surface area (Å²) in [6, 6.07) is 4.76. The number of hydrogen-bond acceptors (Lipinski definition) is 5. The van der Waals surface area contributed by atoms with Crippen molar-refractivity contribution in [3.63, 3.8) is 0 Å². The Morgan fingerprint density at radius 1 is 1.17 bits per heavy atom. The molecule has 3 heterocycles. The Balaban J connectivity index is 1.62. The minimum absolute atomic E-state index is 0.650. The molecule has 0 aliphatic carbocycles. The number of aromatic nitrogens is 2. The summed E-state index contributed by atoms with van der Waals surface area (Å²) in [6.07, 6.45) is 1.22. The van der Waals surface area contributed by atoms with Gasteiger partial charge in [-0.1, -0.05) is 0 Å². The fraction of sp³-hybridized carbons (Fsp3) is 0.692. The van der Waals surface area contributed by atoms with E-state index in [0.717, 1.165) is 50.9 Å². The Hall–Kier alpha value is -1.20. The molecular formula is C13H20N4O. The first-order chi connectivity index (χ1) is 8.83. The normalized spacial score (nSPS) is 25.6. The van der Waals surface area contributed by atoms with E-state index in [4.69, 9.17) is 4.74 Å². The molecule has 0 amide bonds. The van der Waals surface area contributed by atoms with Crippen LogP contribution in [0.5, 0.6) is 0 Å². The van der Waals surface area contributed by atoms with Crippen molar-refractivity contribution >= 4 is 5.82 Å². The van der Waals surface area contributed by atoms with E-state index in [1.165, 1.54) is 6.42 Å². The first kappa shape index (κ1) is 11.9. The van der Waals surface area contributed by atoms with Crippen molar-refractivity contribution in [2.45, 2.75) is 19.4 Å². The first-order valence-corrected chi connectivity index (χ1v) is 6.70. The van der Waals surface area contributed by atoms with Crippen LogP contribution in [-0.4, -0.2) is 60.5 Å². The lowest BCUT2D eigenvalue weighted by Gasteiger charge is -2.32. The summed E-state index contributed by atoms with van der Waals surface area (Å²) in [5.41, 5.74) is 0.975. The van der Waals surface area contributed by atoms with Crippen LogP contribution in [0.15, 0.2) is 12.1 Å². The molecule has 0 spiro atoms. The summed E-state index contributed by atoms with van der Waals surface area (Å²) < 4.78 is 5.41. The Bertz CT molecular complexity index is 388. The second kappa shape index (κ2) is 5.20. The summed E-state index contributed by atoms with van der Waals surface area (Å²) in [5, 5.41) is 8.41. The lowest BCUT2D eigenvalue weighted by molar-refractivity contribution is 0.0209. The van der Waals surface area contributed by atoms with Crippen molar-refractivity contribution in [1.82, 2.24) is 15.1 Å². The summed E-state index contributed by atoms with van der Waals surface area (Å²) in [6.45, 7) is 8.01. The molecule has 0 aromatic carbocycles. The van der Waals surface area contributed by atoms with Gasteiger partial charge < -0.3 is 9.64 Å². The molecule has 98 valence electrons. The molecule has 1 unspecified atom stereocenters. The van der Waals surface area contributed by atoms with E-state index in [0.29, 0.717) is 6.04 Å². The Labute approximate surface area is 108 Å². The Morgan fingerprint density at radius 2 is 2.00 bits per heavy atom. The maximum absolute atomic E-state index is 5.41. The van der Waals surface area contributed by atoms with Gasteiger partial charge in [0.05, 0.1) is 18.9 Å². The lowest BCUT2D eigenvalue weighted by atomic mass is 10.2. The van der Waals surface area contributed by atoms with Gasteiger partial charge in [-0.15, -0.1) is 5.10 Å². The van der Waals surface area contributed by atoms with E-state index in [9.17, 15) is 0 Å². The topological polar surface area (TPSA) is 41.5 Å². The Kier molecular flexibility index (Phi) is 3.43. The largest absolute Gasteiger partial charge is 0.379 e. The molecule has 2 aliphatic rings. The number of anilines is 1. The van der Waals surface area contributed by atoms with Gasteiger partial charge in [-0.25, -0.2) is 0 Å². The number of rotatable bonds is 2.